The Balaban J connectivity index is 2.12. The van der Waals surface area contributed by atoms with Gasteiger partial charge in [0.05, 0.1) is 24.0 Å². The highest BCUT2D eigenvalue weighted by Crippen LogP contribution is 2.29. The number of anilines is 1. The minimum Gasteiger partial charge on any atom is -0.495 e. The maximum absolute atomic E-state index is 6.03. The van der Waals surface area contributed by atoms with Crippen molar-refractivity contribution in [3.8, 4) is 17.1 Å². The first kappa shape index (κ1) is 14.4. The first-order valence-electron chi connectivity index (χ1n) is 7.35. The molecule has 0 bridgehead atoms. The summed E-state index contributed by atoms with van der Waals surface area (Å²) < 4.78 is 7.31. The molecule has 5 heteroatoms. The summed E-state index contributed by atoms with van der Waals surface area (Å²) in [5, 5.41) is 3.33. The highest BCUT2D eigenvalue weighted by Gasteiger charge is 2.13. The maximum atomic E-state index is 6.03. The average Bonchev–Trinajstić information content (AvgIpc) is 2.92. The topological polar surface area (TPSA) is 64.6 Å². The van der Waals surface area contributed by atoms with Gasteiger partial charge in [0.1, 0.15) is 11.6 Å². The number of nitrogens with two attached hydrogens (primary N) is 1. The fraction of sp³-hybridized carbons (Fsp3) is 0.235. The van der Waals surface area contributed by atoms with Crippen LogP contribution in [-0.4, -0.2) is 23.0 Å². The fourth-order valence-corrected chi connectivity index (χ4v) is 2.55. The van der Waals surface area contributed by atoms with E-state index in [4.69, 9.17) is 15.5 Å². The van der Waals surface area contributed by atoms with Crippen molar-refractivity contribution in [2.75, 3.05) is 19.4 Å². The van der Waals surface area contributed by atoms with E-state index in [0.717, 1.165) is 35.7 Å². The molecule has 0 unspecified atom stereocenters. The van der Waals surface area contributed by atoms with Gasteiger partial charge in [-0.2, -0.15) is 0 Å². The van der Waals surface area contributed by atoms with E-state index in [1.807, 2.05) is 36.5 Å². The molecule has 1 aromatic carbocycles. The lowest BCUT2D eigenvalue weighted by molar-refractivity contribution is 0.417. The molecule has 0 fully saturated rings. The highest BCUT2D eigenvalue weighted by molar-refractivity contribution is 5.70. The number of nitrogens with one attached hydrogen (secondary N) is 1. The van der Waals surface area contributed by atoms with Crippen LogP contribution >= 0.6 is 0 Å². The lowest BCUT2D eigenvalue weighted by Gasteiger charge is -2.06. The van der Waals surface area contributed by atoms with Crippen molar-refractivity contribution in [2.24, 2.45) is 0 Å². The number of hydrogen-bond donors (Lipinski definition) is 2. The predicted octanol–water partition coefficient (Wildman–Crippen LogP) is 2.70. The quantitative estimate of drug-likeness (QED) is 0.711. The molecule has 0 saturated carbocycles. The summed E-state index contributed by atoms with van der Waals surface area (Å²) in [6.45, 7) is 3.75. The van der Waals surface area contributed by atoms with Crippen molar-refractivity contribution in [1.29, 1.82) is 0 Å². The number of imidazole rings is 1. The smallest absolute Gasteiger partial charge is 0.144 e. The molecule has 0 amide bonds. The van der Waals surface area contributed by atoms with Gasteiger partial charge in [-0.3, -0.25) is 4.40 Å². The Hall–Kier alpha value is -2.53. The minimum atomic E-state index is 0.612. The standard InChI is InChI=1S/C17H20N4O/c1-3-19-11-14-15-6-4-5-9-21(15)17(20-14)12-7-8-16(22-2)13(18)10-12/h4-10,19H,3,11,18H2,1-2H3. The lowest BCUT2D eigenvalue weighted by atomic mass is 10.2. The number of hydrogen-bond acceptors (Lipinski definition) is 4. The van der Waals surface area contributed by atoms with Crippen LogP contribution in [0.1, 0.15) is 12.6 Å². The van der Waals surface area contributed by atoms with Crippen LogP contribution in [0.5, 0.6) is 5.75 Å². The van der Waals surface area contributed by atoms with Crippen LogP contribution in [0.4, 0.5) is 5.69 Å². The molecule has 2 aromatic heterocycles. The van der Waals surface area contributed by atoms with Crippen molar-refractivity contribution in [3.05, 3.63) is 48.3 Å². The molecule has 3 N–H and O–H groups in total. The predicted molar refractivity (Wildman–Crippen MR) is 89.0 cm³/mol. The molecule has 2 heterocycles. The van der Waals surface area contributed by atoms with Gasteiger partial charge < -0.3 is 15.8 Å². The maximum Gasteiger partial charge on any atom is 0.144 e. The number of pyridine rings is 1. The number of nitrogen functional groups attached to an aromatic ring is 1. The molecule has 0 aliphatic rings. The van der Waals surface area contributed by atoms with E-state index in [0.29, 0.717) is 11.4 Å². The van der Waals surface area contributed by atoms with Gasteiger partial charge in [0.2, 0.25) is 0 Å². The van der Waals surface area contributed by atoms with Gasteiger partial charge >= 0.3 is 0 Å². The molecule has 0 aliphatic heterocycles. The summed E-state index contributed by atoms with van der Waals surface area (Å²) in [6, 6.07) is 11.9. The number of ether oxygens (including phenoxy) is 1. The fourth-order valence-electron chi connectivity index (χ4n) is 2.55. The van der Waals surface area contributed by atoms with Crippen LogP contribution in [0.25, 0.3) is 16.9 Å². The Labute approximate surface area is 129 Å². The normalized spacial score (nSPS) is 11.0. The Morgan fingerprint density at radius 3 is 2.86 bits per heavy atom. The Kier molecular flexibility index (Phi) is 3.98. The summed E-state index contributed by atoms with van der Waals surface area (Å²) in [5.74, 6) is 1.57. The summed E-state index contributed by atoms with van der Waals surface area (Å²) in [7, 11) is 1.62. The van der Waals surface area contributed by atoms with Gasteiger partial charge in [0.15, 0.2) is 0 Å². The number of nitrogens with zero attached hydrogens (tertiary/aromatic N) is 2. The van der Waals surface area contributed by atoms with Crippen molar-refractivity contribution >= 4 is 11.2 Å². The van der Waals surface area contributed by atoms with Gasteiger partial charge in [0, 0.05) is 18.3 Å². The molecule has 0 radical (unpaired) electrons. The average molecular weight is 296 g/mol. The monoisotopic (exact) mass is 296 g/mol. The van der Waals surface area contributed by atoms with E-state index in [1.165, 1.54) is 0 Å². The van der Waals surface area contributed by atoms with Crippen LogP contribution in [0, 0.1) is 0 Å². The molecule has 5 nitrogen and oxygen atoms in total. The van der Waals surface area contributed by atoms with E-state index < -0.39 is 0 Å². The first-order valence-corrected chi connectivity index (χ1v) is 7.35. The molecule has 0 aliphatic carbocycles. The second kappa shape index (κ2) is 6.07. The third-order valence-corrected chi connectivity index (χ3v) is 3.65. The summed E-state index contributed by atoms with van der Waals surface area (Å²) in [4.78, 5) is 4.80. The number of benzene rings is 1. The zero-order valence-corrected chi connectivity index (χ0v) is 12.8. The molecule has 114 valence electrons. The number of aromatic nitrogens is 2. The Morgan fingerprint density at radius 2 is 2.14 bits per heavy atom. The second-order valence-corrected chi connectivity index (χ2v) is 5.08. The second-order valence-electron chi connectivity index (χ2n) is 5.08. The summed E-state index contributed by atoms with van der Waals surface area (Å²) in [5.41, 5.74) is 9.75. The van der Waals surface area contributed by atoms with Crippen LogP contribution in [0.15, 0.2) is 42.6 Å². The number of rotatable bonds is 5. The largest absolute Gasteiger partial charge is 0.495 e. The van der Waals surface area contributed by atoms with Crippen LogP contribution < -0.4 is 15.8 Å². The van der Waals surface area contributed by atoms with Crippen molar-refractivity contribution < 1.29 is 4.74 Å². The van der Waals surface area contributed by atoms with Crippen molar-refractivity contribution in [1.82, 2.24) is 14.7 Å². The molecule has 0 spiro atoms. The molecular formula is C17H20N4O. The van der Waals surface area contributed by atoms with Gasteiger partial charge in [-0.05, 0) is 36.9 Å². The van der Waals surface area contributed by atoms with E-state index in [2.05, 4.69) is 22.7 Å². The third kappa shape index (κ3) is 2.51. The van der Waals surface area contributed by atoms with Crippen LogP contribution in [0.2, 0.25) is 0 Å². The SMILES string of the molecule is CCNCc1nc(-c2ccc(OC)c(N)c2)n2ccccc12. The molecule has 3 aromatic rings. The lowest BCUT2D eigenvalue weighted by Crippen LogP contribution is -2.12. The Morgan fingerprint density at radius 1 is 1.27 bits per heavy atom. The van der Waals surface area contributed by atoms with Crippen LogP contribution in [0.3, 0.4) is 0 Å². The van der Waals surface area contributed by atoms with Crippen molar-refractivity contribution in [3.63, 3.8) is 0 Å². The number of methoxy groups -OCH3 is 1. The van der Waals surface area contributed by atoms with Gasteiger partial charge in [-0.15, -0.1) is 0 Å². The van der Waals surface area contributed by atoms with Crippen molar-refractivity contribution in [2.45, 2.75) is 13.5 Å². The third-order valence-electron chi connectivity index (χ3n) is 3.65. The molecule has 0 atom stereocenters. The minimum absolute atomic E-state index is 0.612. The van der Waals surface area contributed by atoms with E-state index in [-0.39, 0.29) is 0 Å². The van der Waals surface area contributed by atoms with Gasteiger partial charge in [-0.25, -0.2) is 4.98 Å². The molecule has 0 saturated heterocycles. The first-order chi connectivity index (χ1) is 10.7. The Bertz CT molecular complexity index is 794. The van der Waals surface area contributed by atoms with Gasteiger partial charge in [-0.1, -0.05) is 13.0 Å². The zero-order chi connectivity index (χ0) is 15.5. The van der Waals surface area contributed by atoms with E-state index >= 15 is 0 Å². The summed E-state index contributed by atoms with van der Waals surface area (Å²) in [6.07, 6.45) is 2.02. The highest BCUT2D eigenvalue weighted by atomic mass is 16.5. The van der Waals surface area contributed by atoms with E-state index in [9.17, 15) is 0 Å². The van der Waals surface area contributed by atoms with Gasteiger partial charge in [0.25, 0.3) is 0 Å². The molecule has 22 heavy (non-hydrogen) atoms. The zero-order valence-electron chi connectivity index (χ0n) is 12.8. The summed E-state index contributed by atoms with van der Waals surface area (Å²) >= 11 is 0. The molecular weight excluding hydrogens is 276 g/mol. The molecule has 3 rings (SSSR count). The van der Waals surface area contributed by atoms with Crippen LogP contribution in [-0.2, 0) is 6.54 Å². The van der Waals surface area contributed by atoms with E-state index in [1.54, 1.807) is 7.11 Å². The number of fused-ring (bicyclic) bond motifs is 1.